The fourth-order valence-electron chi connectivity index (χ4n) is 2.29. The summed E-state index contributed by atoms with van der Waals surface area (Å²) in [5.41, 5.74) is 7.69. The Hall–Kier alpha value is -2.04. The topological polar surface area (TPSA) is 66.0 Å². The van der Waals surface area contributed by atoms with E-state index in [0.717, 1.165) is 11.3 Å². The Bertz CT molecular complexity index is 602. The normalized spacial score (nSPS) is 15.3. The van der Waals surface area contributed by atoms with Crippen LogP contribution in [0.5, 0.6) is 5.75 Å². The monoisotopic (exact) mass is 272 g/mol. The quantitative estimate of drug-likeness (QED) is 0.929. The highest BCUT2D eigenvalue weighted by Gasteiger charge is 2.20. The van der Waals surface area contributed by atoms with Crippen molar-refractivity contribution in [1.29, 1.82) is 0 Å². The first-order valence-electron chi connectivity index (χ1n) is 7.11. The molecule has 0 spiro atoms. The summed E-state index contributed by atoms with van der Waals surface area (Å²) in [5, 5.41) is 4.63. The number of nitrogens with zero attached hydrogens (tertiary/aromatic N) is 3. The summed E-state index contributed by atoms with van der Waals surface area (Å²) in [4.78, 5) is 4.20. The number of hydrogen-bond donors (Lipinski definition) is 1. The van der Waals surface area contributed by atoms with Gasteiger partial charge in [-0.15, -0.1) is 0 Å². The predicted molar refractivity (Wildman–Crippen MR) is 78.5 cm³/mol. The molecule has 106 valence electrons. The van der Waals surface area contributed by atoms with Crippen LogP contribution >= 0.6 is 0 Å². The van der Waals surface area contributed by atoms with Gasteiger partial charge in [0, 0.05) is 18.0 Å². The summed E-state index contributed by atoms with van der Waals surface area (Å²) in [6.07, 6.45) is 7.61. The van der Waals surface area contributed by atoms with E-state index in [4.69, 9.17) is 10.5 Å². The van der Waals surface area contributed by atoms with Gasteiger partial charge in [-0.25, -0.2) is 4.98 Å². The maximum Gasteiger partial charge on any atom is 0.166 e. The minimum atomic E-state index is 0.0712. The third-order valence-corrected chi connectivity index (χ3v) is 3.60. The van der Waals surface area contributed by atoms with Gasteiger partial charge in [0.25, 0.3) is 0 Å². The lowest BCUT2D eigenvalue weighted by molar-refractivity contribution is 0.243. The Balaban J connectivity index is 1.87. The zero-order chi connectivity index (χ0) is 14.1. The molecule has 1 saturated carbocycles. The van der Waals surface area contributed by atoms with Gasteiger partial charge >= 0.3 is 0 Å². The molecule has 2 heterocycles. The van der Waals surface area contributed by atoms with E-state index in [1.165, 1.54) is 19.3 Å². The summed E-state index contributed by atoms with van der Waals surface area (Å²) >= 11 is 0. The van der Waals surface area contributed by atoms with Crippen LogP contribution in [0.2, 0.25) is 0 Å². The van der Waals surface area contributed by atoms with Crippen molar-refractivity contribution in [2.75, 3.05) is 5.73 Å². The van der Waals surface area contributed by atoms with Crippen LogP contribution in [0.4, 0.5) is 5.82 Å². The molecule has 1 aliphatic rings. The average molecular weight is 272 g/mol. The van der Waals surface area contributed by atoms with Crippen molar-refractivity contribution in [2.24, 2.45) is 0 Å². The Labute approximate surface area is 118 Å². The van der Waals surface area contributed by atoms with Crippen LogP contribution in [-0.2, 0) is 0 Å². The Kier molecular flexibility index (Phi) is 3.34. The summed E-state index contributed by atoms with van der Waals surface area (Å²) in [7, 11) is 0. The fourth-order valence-corrected chi connectivity index (χ4v) is 2.29. The van der Waals surface area contributed by atoms with Crippen LogP contribution in [0, 0.1) is 0 Å². The lowest BCUT2D eigenvalue weighted by Gasteiger charge is -2.25. The smallest absolute Gasteiger partial charge is 0.166 e. The van der Waals surface area contributed by atoms with Crippen molar-refractivity contribution in [3.63, 3.8) is 0 Å². The van der Waals surface area contributed by atoms with Crippen molar-refractivity contribution in [3.8, 4) is 17.0 Å². The molecule has 2 aromatic rings. The molecule has 1 fully saturated rings. The van der Waals surface area contributed by atoms with E-state index in [2.05, 4.69) is 14.8 Å². The van der Waals surface area contributed by atoms with Crippen molar-refractivity contribution < 1.29 is 4.74 Å². The van der Waals surface area contributed by atoms with Crippen LogP contribution in [0.25, 0.3) is 11.3 Å². The minimum Gasteiger partial charge on any atom is -0.487 e. The summed E-state index contributed by atoms with van der Waals surface area (Å²) in [5.74, 6) is 1.04. The molecule has 2 N–H and O–H groups in total. The van der Waals surface area contributed by atoms with Gasteiger partial charge in [0.05, 0.1) is 17.8 Å². The van der Waals surface area contributed by atoms with E-state index in [-0.39, 0.29) is 6.10 Å². The molecule has 20 heavy (non-hydrogen) atoms. The highest BCUT2D eigenvalue weighted by atomic mass is 16.5. The largest absolute Gasteiger partial charge is 0.487 e. The first kappa shape index (κ1) is 13.0. The molecular formula is C15H20N4O. The van der Waals surface area contributed by atoms with E-state index >= 15 is 0 Å². The molecule has 1 aliphatic carbocycles. The number of pyridine rings is 1. The van der Waals surface area contributed by atoms with Crippen molar-refractivity contribution in [1.82, 2.24) is 14.8 Å². The number of nitrogen functional groups attached to an aromatic ring is 1. The molecule has 0 amide bonds. The molecule has 5 nitrogen and oxygen atoms in total. The molecule has 0 bridgehead atoms. The second kappa shape index (κ2) is 5.15. The van der Waals surface area contributed by atoms with Crippen LogP contribution in [-0.4, -0.2) is 20.9 Å². The Morgan fingerprint density at radius 2 is 2.20 bits per heavy atom. The zero-order valence-corrected chi connectivity index (χ0v) is 11.9. The number of aromatic nitrogens is 3. The molecule has 0 aliphatic heterocycles. The van der Waals surface area contributed by atoms with Crippen LogP contribution in [0.3, 0.4) is 0 Å². The van der Waals surface area contributed by atoms with Gasteiger partial charge in [-0.05, 0) is 45.2 Å². The average Bonchev–Trinajstić information content (AvgIpc) is 2.78. The lowest BCUT2D eigenvalue weighted by Crippen LogP contribution is -2.17. The maximum atomic E-state index is 5.84. The van der Waals surface area contributed by atoms with E-state index in [0.29, 0.717) is 17.6 Å². The molecule has 0 radical (unpaired) electrons. The third-order valence-electron chi connectivity index (χ3n) is 3.60. The number of nitrogens with two attached hydrogens (primary N) is 1. The van der Waals surface area contributed by atoms with Gasteiger partial charge in [-0.2, -0.15) is 5.10 Å². The first-order chi connectivity index (χ1) is 9.63. The first-order valence-corrected chi connectivity index (χ1v) is 7.11. The van der Waals surface area contributed by atoms with Gasteiger partial charge in [0.1, 0.15) is 0 Å². The van der Waals surface area contributed by atoms with Gasteiger partial charge in [-0.3, -0.25) is 4.68 Å². The Morgan fingerprint density at radius 3 is 2.85 bits per heavy atom. The number of hydrogen-bond acceptors (Lipinski definition) is 4. The van der Waals surface area contributed by atoms with Crippen molar-refractivity contribution in [2.45, 2.75) is 45.3 Å². The molecule has 2 aromatic heterocycles. The second-order valence-corrected chi connectivity index (χ2v) is 5.54. The van der Waals surface area contributed by atoms with Crippen molar-refractivity contribution >= 4 is 5.82 Å². The third kappa shape index (κ3) is 2.48. The van der Waals surface area contributed by atoms with Gasteiger partial charge in [0.15, 0.2) is 11.6 Å². The molecule has 5 heteroatoms. The van der Waals surface area contributed by atoms with E-state index < -0.39 is 0 Å². The molecule has 0 saturated heterocycles. The predicted octanol–water partition coefficient (Wildman–Crippen LogP) is 3.04. The van der Waals surface area contributed by atoms with Gasteiger partial charge < -0.3 is 10.5 Å². The van der Waals surface area contributed by atoms with Crippen molar-refractivity contribution in [3.05, 3.63) is 24.5 Å². The zero-order valence-electron chi connectivity index (χ0n) is 11.9. The highest BCUT2D eigenvalue weighted by Crippen LogP contribution is 2.32. The minimum absolute atomic E-state index is 0.0712. The van der Waals surface area contributed by atoms with Gasteiger partial charge in [0.2, 0.25) is 0 Å². The number of anilines is 1. The second-order valence-electron chi connectivity index (χ2n) is 5.54. The van der Waals surface area contributed by atoms with E-state index in [9.17, 15) is 0 Å². The van der Waals surface area contributed by atoms with Crippen LogP contribution < -0.4 is 10.5 Å². The van der Waals surface area contributed by atoms with Crippen LogP contribution in [0.15, 0.2) is 24.5 Å². The molecule has 3 rings (SSSR count). The molecule has 0 unspecified atom stereocenters. The molecule has 0 aromatic carbocycles. The summed E-state index contributed by atoms with van der Waals surface area (Å²) < 4.78 is 7.73. The fraction of sp³-hybridized carbons (Fsp3) is 0.467. The summed E-state index contributed by atoms with van der Waals surface area (Å²) in [6, 6.07) is 4.50. The SMILES string of the molecule is CC(C)Oc1cc(-c2ccn(C3CCC3)n2)cnc1N. The van der Waals surface area contributed by atoms with Crippen LogP contribution in [0.1, 0.15) is 39.2 Å². The lowest BCUT2D eigenvalue weighted by atomic mass is 9.93. The molecule has 0 atom stereocenters. The maximum absolute atomic E-state index is 5.84. The number of ether oxygens (including phenoxy) is 1. The van der Waals surface area contributed by atoms with E-state index in [1.807, 2.05) is 32.2 Å². The highest BCUT2D eigenvalue weighted by molar-refractivity contribution is 5.63. The Morgan fingerprint density at radius 1 is 1.40 bits per heavy atom. The van der Waals surface area contributed by atoms with Gasteiger partial charge in [-0.1, -0.05) is 0 Å². The number of rotatable bonds is 4. The van der Waals surface area contributed by atoms with E-state index in [1.54, 1.807) is 6.20 Å². The molecular weight excluding hydrogens is 252 g/mol. The standard InChI is InChI=1S/C15H20N4O/c1-10(2)20-14-8-11(9-17-15(14)16)13-6-7-19(18-13)12-4-3-5-12/h6-10,12H,3-5H2,1-2H3,(H2,16,17). The summed E-state index contributed by atoms with van der Waals surface area (Å²) in [6.45, 7) is 3.94.